The van der Waals surface area contributed by atoms with Gasteiger partial charge in [-0.25, -0.2) is 4.39 Å². The Bertz CT molecular complexity index is 596. The molecule has 2 nitrogen and oxygen atoms in total. The lowest BCUT2D eigenvalue weighted by atomic mass is 10.2. The quantitative estimate of drug-likeness (QED) is 0.859. The maximum atomic E-state index is 13.6. The molecule has 0 aromatic heterocycles. The third kappa shape index (κ3) is 3.58. The highest BCUT2D eigenvalue weighted by Crippen LogP contribution is 2.27. The smallest absolute Gasteiger partial charge is 0.165 e. The summed E-state index contributed by atoms with van der Waals surface area (Å²) in [6.07, 6.45) is 2.56. The van der Waals surface area contributed by atoms with E-state index < -0.39 is 0 Å². The first-order chi connectivity index (χ1) is 9.70. The average molecular weight is 336 g/mol. The topological polar surface area (TPSA) is 21.3 Å². The normalized spacial score (nSPS) is 14.3. The summed E-state index contributed by atoms with van der Waals surface area (Å²) in [5.41, 5.74) is 1.21. The van der Waals surface area contributed by atoms with E-state index in [2.05, 4.69) is 21.2 Å². The zero-order valence-corrected chi connectivity index (χ0v) is 12.5. The molecule has 3 rings (SSSR count). The molecule has 4 heteroatoms. The molecule has 1 fully saturated rings. The van der Waals surface area contributed by atoms with Crippen molar-refractivity contribution in [3.05, 3.63) is 58.3 Å². The van der Waals surface area contributed by atoms with E-state index in [-0.39, 0.29) is 11.6 Å². The first kappa shape index (κ1) is 13.6. The molecule has 0 atom stereocenters. The molecule has 0 amide bonds. The molecule has 0 aliphatic heterocycles. The Morgan fingerprint density at radius 1 is 1.15 bits per heavy atom. The minimum Gasteiger partial charge on any atom is -0.454 e. The van der Waals surface area contributed by atoms with Crippen LogP contribution < -0.4 is 10.1 Å². The molecular formula is C16H15BrFNO. The summed E-state index contributed by atoms with van der Waals surface area (Å²) in [5.74, 6) is 0.494. The highest BCUT2D eigenvalue weighted by molar-refractivity contribution is 9.10. The largest absolute Gasteiger partial charge is 0.454 e. The van der Waals surface area contributed by atoms with Gasteiger partial charge in [0.2, 0.25) is 0 Å². The third-order valence-electron chi connectivity index (χ3n) is 3.22. The van der Waals surface area contributed by atoms with Crippen molar-refractivity contribution in [2.24, 2.45) is 0 Å². The number of ether oxygens (including phenoxy) is 1. The first-order valence-electron chi connectivity index (χ1n) is 6.66. The van der Waals surface area contributed by atoms with Crippen molar-refractivity contribution in [1.82, 2.24) is 5.32 Å². The molecule has 2 aromatic rings. The van der Waals surface area contributed by atoms with Crippen molar-refractivity contribution in [3.8, 4) is 11.5 Å². The predicted molar refractivity (Wildman–Crippen MR) is 80.5 cm³/mol. The summed E-state index contributed by atoms with van der Waals surface area (Å²) in [6, 6.07) is 13.1. The standard InChI is InChI=1S/C16H15BrFNO/c17-12-3-8-15(18)16(9-12)20-14-6-1-11(2-7-14)10-19-13-4-5-13/h1-3,6-9,13,19H,4-5,10H2. The van der Waals surface area contributed by atoms with Crippen LogP contribution in [0.4, 0.5) is 4.39 Å². The van der Waals surface area contributed by atoms with Gasteiger partial charge in [-0.1, -0.05) is 28.1 Å². The van der Waals surface area contributed by atoms with E-state index in [4.69, 9.17) is 4.74 Å². The molecule has 1 aliphatic rings. The van der Waals surface area contributed by atoms with E-state index in [1.54, 1.807) is 12.1 Å². The van der Waals surface area contributed by atoms with Crippen LogP contribution in [0.15, 0.2) is 46.9 Å². The lowest BCUT2D eigenvalue weighted by molar-refractivity contribution is 0.441. The Kier molecular flexibility index (Phi) is 4.03. The molecule has 2 aromatic carbocycles. The van der Waals surface area contributed by atoms with Gasteiger partial charge in [0.05, 0.1) is 0 Å². The van der Waals surface area contributed by atoms with Crippen LogP contribution in [0.2, 0.25) is 0 Å². The van der Waals surface area contributed by atoms with Gasteiger partial charge in [0.25, 0.3) is 0 Å². The Morgan fingerprint density at radius 2 is 1.90 bits per heavy atom. The summed E-state index contributed by atoms with van der Waals surface area (Å²) in [5, 5.41) is 3.45. The Morgan fingerprint density at radius 3 is 2.60 bits per heavy atom. The van der Waals surface area contributed by atoms with Crippen LogP contribution in [0.25, 0.3) is 0 Å². The van der Waals surface area contributed by atoms with Crippen molar-refractivity contribution in [1.29, 1.82) is 0 Å². The van der Waals surface area contributed by atoms with Crippen molar-refractivity contribution in [3.63, 3.8) is 0 Å². The minimum absolute atomic E-state index is 0.225. The van der Waals surface area contributed by atoms with Gasteiger partial charge in [-0.2, -0.15) is 0 Å². The van der Waals surface area contributed by atoms with Crippen molar-refractivity contribution < 1.29 is 9.13 Å². The van der Waals surface area contributed by atoms with E-state index in [0.29, 0.717) is 11.8 Å². The maximum Gasteiger partial charge on any atom is 0.165 e. The highest BCUT2D eigenvalue weighted by atomic mass is 79.9. The first-order valence-corrected chi connectivity index (χ1v) is 7.45. The van der Waals surface area contributed by atoms with Crippen LogP contribution in [-0.2, 0) is 6.54 Å². The Hall–Kier alpha value is -1.39. The number of nitrogens with one attached hydrogen (secondary N) is 1. The molecule has 0 spiro atoms. The molecule has 1 saturated carbocycles. The molecule has 0 bridgehead atoms. The van der Waals surface area contributed by atoms with E-state index in [1.807, 2.05) is 24.3 Å². The number of halogens is 2. The molecule has 104 valence electrons. The number of rotatable bonds is 5. The Balaban J connectivity index is 1.66. The van der Waals surface area contributed by atoms with Crippen LogP contribution in [-0.4, -0.2) is 6.04 Å². The zero-order chi connectivity index (χ0) is 13.9. The third-order valence-corrected chi connectivity index (χ3v) is 3.71. The van der Waals surface area contributed by atoms with Gasteiger partial charge in [-0.05, 0) is 48.7 Å². The highest BCUT2D eigenvalue weighted by Gasteiger charge is 2.19. The van der Waals surface area contributed by atoms with E-state index >= 15 is 0 Å². The fourth-order valence-electron chi connectivity index (χ4n) is 1.91. The average Bonchev–Trinajstić information content (AvgIpc) is 3.26. The van der Waals surface area contributed by atoms with Crippen LogP contribution in [0.1, 0.15) is 18.4 Å². The second kappa shape index (κ2) is 5.94. The molecule has 20 heavy (non-hydrogen) atoms. The summed E-state index contributed by atoms with van der Waals surface area (Å²) in [6.45, 7) is 0.871. The van der Waals surface area contributed by atoms with Gasteiger partial charge in [-0.15, -0.1) is 0 Å². The fraction of sp³-hybridized carbons (Fsp3) is 0.250. The SMILES string of the molecule is Fc1ccc(Br)cc1Oc1ccc(CNC2CC2)cc1. The lowest BCUT2D eigenvalue weighted by Gasteiger charge is -2.08. The monoisotopic (exact) mass is 335 g/mol. The van der Waals surface area contributed by atoms with Gasteiger partial charge in [0, 0.05) is 17.1 Å². The van der Waals surface area contributed by atoms with Gasteiger partial charge in [-0.3, -0.25) is 0 Å². The molecule has 0 heterocycles. The van der Waals surface area contributed by atoms with Crippen LogP contribution in [0.5, 0.6) is 11.5 Å². The maximum absolute atomic E-state index is 13.6. The molecule has 0 unspecified atom stereocenters. The predicted octanol–water partition coefficient (Wildman–Crippen LogP) is 4.63. The van der Waals surface area contributed by atoms with Gasteiger partial charge >= 0.3 is 0 Å². The molecule has 1 N–H and O–H groups in total. The molecule has 0 saturated heterocycles. The lowest BCUT2D eigenvalue weighted by Crippen LogP contribution is -2.14. The van der Waals surface area contributed by atoms with Crippen molar-refractivity contribution in [2.45, 2.75) is 25.4 Å². The second-order valence-electron chi connectivity index (χ2n) is 4.98. The van der Waals surface area contributed by atoms with E-state index in [9.17, 15) is 4.39 Å². The van der Waals surface area contributed by atoms with Crippen LogP contribution >= 0.6 is 15.9 Å². The number of benzene rings is 2. The molecular weight excluding hydrogens is 321 g/mol. The Labute approximate surface area is 126 Å². The summed E-state index contributed by atoms with van der Waals surface area (Å²) < 4.78 is 19.9. The fourth-order valence-corrected chi connectivity index (χ4v) is 2.25. The van der Waals surface area contributed by atoms with E-state index in [0.717, 1.165) is 11.0 Å². The summed E-state index contributed by atoms with van der Waals surface area (Å²) >= 11 is 3.31. The van der Waals surface area contributed by atoms with Gasteiger partial charge in [0.15, 0.2) is 11.6 Å². The second-order valence-corrected chi connectivity index (χ2v) is 5.89. The van der Waals surface area contributed by atoms with Crippen molar-refractivity contribution >= 4 is 15.9 Å². The number of hydrogen-bond acceptors (Lipinski definition) is 2. The van der Waals surface area contributed by atoms with Crippen LogP contribution in [0, 0.1) is 5.82 Å². The minimum atomic E-state index is -0.368. The number of hydrogen-bond donors (Lipinski definition) is 1. The molecule has 0 radical (unpaired) electrons. The van der Waals surface area contributed by atoms with Gasteiger partial charge < -0.3 is 10.1 Å². The summed E-state index contributed by atoms with van der Waals surface area (Å²) in [4.78, 5) is 0. The van der Waals surface area contributed by atoms with Gasteiger partial charge in [0.1, 0.15) is 5.75 Å². The van der Waals surface area contributed by atoms with Crippen LogP contribution in [0.3, 0.4) is 0 Å². The van der Waals surface area contributed by atoms with Crippen molar-refractivity contribution in [2.75, 3.05) is 0 Å². The summed E-state index contributed by atoms with van der Waals surface area (Å²) in [7, 11) is 0. The molecule has 1 aliphatic carbocycles. The zero-order valence-electron chi connectivity index (χ0n) is 10.9. The van der Waals surface area contributed by atoms with E-state index in [1.165, 1.54) is 24.5 Å².